The number of hydrogen-bond donors (Lipinski definition) is 2. The first-order valence-corrected chi connectivity index (χ1v) is 11.1. The summed E-state index contributed by atoms with van der Waals surface area (Å²) in [5.74, 6) is 6.86. The predicted octanol–water partition coefficient (Wildman–Crippen LogP) is 4.99. The fourth-order valence-corrected chi connectivity index (χ4v) is 3.64. The number of carbonyl (C=O) groups is 2. The van der Waals surface area contributed by atoms with Gasteiger partial charge in [-0.25, -0.2) is 9.78 Å². The van der Waals surface area contributed by atoms with Gasteiger partial charge in [-0.3, -0.25) is 4.79 Å². The maximum atomic E-state index is 12.6. The monoisotopic (exact) mass is 433 g/mol. The first kappa shape index (κ1) is 23.3. The van der Waals surface area contributed by atoms with E-state index in [9.17, 15) is 9.59 Å². The summed E-state index contributed by atoms with van der Waals surface area (Å²) in [6.07, 6.45) is 4.04. The van der Waals surface area contributed by atoms with E-state index in [4.69, 9.17) is 4.74 Å². The van der Waals surface area contributed by atoms with E-state index in [1.807, 2.05) is 36.4 Å². The molecule has 168 valence electrons. The SMILES string of the molecule is CC(NC(=O)OC(C)(C)C)C(=O)Nc1ccc(C2CCCC2)c(C#Cc2ccccc2)n1. The number of carbonyl (C=O) groups excluding carboxylic acids is 2. The average Bonchev–Trinajstić information content (AvgIpc) is 3.26. The minimum absolute atomic E-state index is 0.376. The molecule has 1 aliphatic rings. The van der Waals surface area contributed by atoms with E-state index in [1.165, 1.54) is 12.8 Å². The van der Waals surface area contributed by atoms with Gasteiger partial charge in [0.25, 0.3) is 0 Å². The molecule has 0 radical (unpaired) electrons. The number of nitrogens with one attached hydrogen (secondary N) is 2. The minimum atomic E-state index is -0.778. The zero-order valence-electron chi connectivity index (χ0n) is 19.2. The highest BCUT2D eigenvalue weighted by molar-refractivity contribution is 5.95. The second-order valence-electron chi connectivity index (χ2n) is 9.09. The topological polar surface area (TPSA) is 80.3 Å². The Hall–Kier alpha value is -3.33. The van der Waals surface area contributed by atoms with Gasteiger partial charge in [-0.1, -0.05) is 43.0 Å². The molecule has 32 heavy (non-hydrogen) atoms. The maximum Gasteiger partial charge on any atom is 0.408 e. The standard InChI is InChI=1S/C26H31N3O3/c1-18(27-25(31)32-26(2,3)4)24(30)29-23-17-15-21(20-12-8-9-13-20)22(28-23)16-14-19-10-6-5-7-11-19/h5-7,10-11,15,17-18,20H,8-9,12-13H2,1-4H3,(H,27,31)(H,28,29,30). The van der Waals surface area contributed by atoms with Gasteiger partial charge < -0.3 is 15.4 Å². The van der Waals surface area contributed by atoms with Crippen molar-refractivity contribution in [3.05, 3.63) is 59.3 Å². The average molecular weight is 434 g/mol. The van der Waals surface area contributed by atoms with Crippen LogP contribution in [0.4, 0.5) is 10.6 Å². The molecule has 2 N–H and O–H groups in total. The molecule has 1 heterocycles. The third-order valence-electron chi connectivity index (χ3n) is 5.20. The van der Waals surface area contributed by atoms with Crippen molar-refractivity contribution in [2.45, 2.75) is 70.9 Å². The lowest BCUT2D eigenvalue weighted by molar-refractivity contribution is -0.117. The van der Waals surface area contributed by atoms with Crippen LogP contribution in [0.5, 0.6) is 0 Å². The number of benzene rings is 1. The molecule has 1 fully saturated rings. The Bertz CT molecular complexity index is 1010. The van der Waals surface area contributed by atoms with Crippen LogP contribution in [-0.4, -0.2) is 28.6 Å². The second kappa shape index (κ2) is 10.3. The molecule has 1 aromatic heterocycles. The molecule has 2 amide bonds. The van der Waals surface area contributed by atoms with Crippen molar-refractivity contribution in [3.63, 3.8) is 0 Å². The number of rotatable bonds is 4. The summed E-state index contributed by atoms with van der Waals surface area (Å²) < 4.78 is 5.21. The number of anilines is 1. The van der Waals surface area contributed by atoms with E-state index < -0.39 is 17.7 Å². The number of alkyl carbamates (subject to hydrolysis) is 1. The van der Waals surface area contributed by atoms with Crippen molar-refractivity contribution in [3.8, 4) is 11.8 Å². The molecule has 0 bridgehead atoms. The first-order chi connectivity index (χ1) is 15.2. The highest BCUT2D eigenvalue weighted by Gasteiger charge is 2.23. The van der Waals surface area contributed by atoms with Crippen molar-refractivity contribution in [1.29, 1.82) is 0 Å². The summed E-state index contributed by atoms with van der Waals surface area (Å²) in [5.41, 5.74) is 2.09. The van der Waals surface area contributed by atoms with Crippen LogP contribution in [0.1, 0.15) is 76.1 Å². The third kappa shape index (κ3) is 6.84. The van der Waals surface area contributed by atoms with Crippen molar-refractivity contribution in [1.82, 2.24) is 10.3 Å². The van der Waals surface area contributed by atoms with E-state index in [1.54, 1.807) is 33.8 Å². The van der Waals surface area contributed by atoms with Crippen LogP contribution in [0, 0.1) is 11.8 Å². The highest BCUT2D eigenvalue weighted by Crippen LogP contribution is 2.35. The molecule has 1 atom stereocenters. The maximum absolute atomic E-state index is 12.6. The van der Waals surface area contributed by atoms with Crippen LogP contribution in [0.25, 0.3) is 0 Å². The third-order valence-corrected chi connectivity index (χ3v) is 5.20. The van der Waals surface area contributed by atoms with Crippen molar-refractivity contribution in [2.75, 3.05) is 5.32 Å². The zero-order chi connectivity index (χ0) is 23.1. The van der Waals surface area contributed by atoms with Crippen molar-refractivity contribution in [2.24, 2.45) is 0 Å². The van der Waals surface area contributed by atoms with Crippen LogP contribution in [0.2, 0.25) is 0 Å². The number of aromatic nitrogens is 1. The number of pyridine rings is 1. The Kier molecular flexibility index (Phi) is 7.53. The normalized spacial score (nSPS) is 14.8. The molecular formula is C26H31N3O3. The van der Waals surface area contributed by atoms with Gasteiger partial charge in [0.2, 0.25) is 5.91 Å². The molecule has 1 unspecified atom stereocenters. The van der Waals surface area contributed by atoms with Gasteiger partial charge in [0.1, 0.15) is 23.2 Å². The number of nitrogens with zero attached hydrogens (tertiary/aromatic N) is 1. The summed E-state index contributed by atoms with van der Waals surface area (Å²) in [6, 6.07) is 12.8. The Morgan fingerprint density at radius 2 is 1.75 bits per heavy atom. The van der Waals surface area contributed by atoms with Gasteiger partial charge >= 0.3 is 6.09 Å². The van der Waals surface area contributed by atoms with Crippen LogP contribution < -0.4 is 10.6 Å². The van der Waals surface area contributed by atoms with E-state index in [0.717, 1.165) is 24.0 Å². The van der Waals surface area contributed by atoms with Gasteiger partial charge in [-0.2, -0.15) is 0 Å². The molecule has 1 aliphatic carbocycles. The molecule has 0 saturated heterocycles. The summed E-state index contributed by atoms with van der Waals surface area (Å²) in [6.45, 7) is 6.91. The van der Waals surface area contributed by atoms with E-state index in [-0.39, 0.29) is 5.91 Å². The lowest BCUT2D eigenvalue weighted by Crippen LogP contribution is -2.44. The van der Waals surface area contributed by atoms with Crippen LogP contribution in [0.3, 0.4) is 0 Å². The predicted molar refractivity (Wildman–Crippen MR) is 125 cm³/mol. The number of ether oxygens (including phenoxy) is 1. The Labute approximate surface area is 190 Å². The molecular weight excluding hydrogens is 402 g/mol. The summed E-state index contributed by atoms with van der Waals surface area (Å²) in [7, 11) is 0. The molecule has 2 aromatic rings. The molecule has 1 saturated carbocycles. The highest BCUT2D eigenvalue weighted by atomic mass is 16.6. The minimum Gasteiger partial charge on any atom is -0.444 e. The Balaban J connectivity index is 1.76. The fraction of sp³-hybridized carbons (Fsp3) is 0.423. The van der Waals surface area contributed by atoms with Gasteiger partial charge in [0.15, 0.2) is 0 Å². The van der Waals surface area contributed by atoms with Crippen molar-refractivity contribution >= 4 is 17.8 Å². The van der Waals surface area contributed by atoms with E-state index in [2.05, 4.69) is 27.5 Å². The van der Waals surface area contributed by atoms with Crippen LogP contribution in [0.15, 0.2) is 42.5 Å². The van der Waals surface area contributed by atoms with Gasteiger partial charge in [-0.15, -0.1) is 0 Å². The fourth-order valence-electron chi connectivity index (χ4n) is 3.64. The second-order valence-corrected chi connectivity index (χ2v) is 9.09. The number of hydrogen-bond acceptors (Lipinski definition) is 4. The summed E-state index contributed by atoms with van der Waals surface area (Å²) in [5, 5.41) is 5.32. The largest absolute Gasteiger partial charge is 0.444 e. The molecule has 1 aromatic carbocycles. The van der Waals surface area contributed by atoms with E-state index in [0.29, 0.717) is 17.4 Å². The lowest BCUT2D eigenvalue weighted by Gasteiger charge is -2.21. The zero-order valence-corrected chi connectivity index (χ0v) is 19.2. The first-order valence-electron chi connectivity index (χ1n) is 11.1. The molecule has 6 heteroatoms. The molecule has 6 nitrogen and oxygen atoms in total. The molecule has 3 rings (SSSR count). The van der Waals surface area contributed by atoms with Crippen LogP contribution in [-0.2, 0) is 9.53 Å². The van der Waals surface area contributed by atoms with Gasteiger partial charge in [0.05, 0.1) is 0 Å². The smallest absolute Gasteiger partial charge is 0.408 e. The summed E-state index contributed by atoms with van der Waals surface area (Å²) >= 11 is 0. The van der Waals surface area contributed by atoms with Gasteiger partial charge in [0, 0.05) is 5.56 Å². The quantitative estimate of drug-likeness (QED) is 0.666. The summed E-state index contributed by atoms with van der Waals surface area (Å²) in [4.78, 5) is 29.2. The Morgan fingerprint density at radius 1 is 1.06 bits per heavy atom. The molecule has 0 aliphatic heterocycles. The van der Waals surface area contributed by atoms with E-state index >= 15 is 0 Å². The molecule has 0 spiro atoms. The van der Waals surface area contributed by atoms with Gasteiger partial charge in [-0.05, 0) is 76.1 Å². The van der Waals surface area contributed by atoms with Crippen LogP contribution >= 0.6 is 0 Å². The number of amides is 2. The Morgan fingerprint density at radius 3 is 2.41 bits per heavy atom. The lowest BCUT2D eigenvalue weighted by atomic mass is 9.96. The van der Waals surface area contributed by atoms with Crippen molar-refractivity contribution < 1.29 is 14.3 Å².